The van der Waals surface area contributed by atoms with Crippen molar-refractivity contribution in [3.05, 3.63) is 42.0 Å². The molecule has 0 atom stereocenters. The SMILES string of the molecule is NC(=O)C1CCN(C(=O)/C=C/c2ccccc2)CC1. The summed E-state index contributed by atoms with van der Waals surface area (Å²) in [5.74, 6) is -0.346. The fraction of sp³-hybridized carbons (Fsp3) is 0.333. The second-order valence-corrected chi connectivity index (χ2v) is 4.75. The normalized spacial score (nSPS) is 16.7. The molecule has 1 aliphatic rings. The Balaban J connectivity index is 1.88. The lowest BCUT2D eigenvalue weighted by Crippen LogP contribution is -2.41. The number of carbonyl (C=O) groups is 2. The van der Waals surface area contributed by atoms with Crippen LogP contribution in [0.3, 0.4) is 0 Å². The molecule has 100 valence electrons. The molecule has 1 fully saturated rings. The molecule has 4 nitrogen and oxygen atoms in total. The first-order chi connectivity index (χ1) is 9.16. The van der Waals surface area contributed by atoms with Crippen LogP contribution in [0.2, 0.25) is 0 Å². The van der Waals surface area contributed by atoms with Crippen molar-refractivity contribution in [1.82, 2.24) is 4.90 Å². The molecule has 2 N–H and O–H groups in total. The first-order valence-corrected chi connectivity index (χ1v) is 6.48. The van der Waals surface area contributed by atoms with Crippen molar-refractivity contribution in [2.45, 2.75) is 12.8 Å². The number of carbonyl (C=O) groups excluding carboxylic acids is 2. The van der Waals surface area contributed by atoms with Crippen LogP contribution in [0.5, 0.6) is 0 Å². The topological polar surface area (TPSA) is 63.4 Å². The maximum Gasteiger partial charge on any atom is 0.246 e. The van der Waals surface area contributed by atoms with Crippen LogP contribution in [0.25, 0.3) is 6.08 Å². The van der Waals surface area contributed by atoms with Crippen molar-refractivity contribution < 1.29 is 9.59 Å². The Kier molecular flexibility index (Phi) is 4.34. The molecule has 0 unspecified atom stereocenters. The summed E-state index contributed by atoms with van der Waals surface area (Å²) in [5.41, 5.74) is 6.27. The second-order valence-electron chi connectivity index (χ2n) is 4.75. The van der Waals surface area contributed by atoms with Crippen molar-refractivity contribution in [2.75, 3.05) is 13.1 Å². The summed E-state index contributed by atoms with van der Waals surface area (Å²) >= 11 is 0. The quantitative estimate of drug-likeness (QED) is 0.833. The zero-order valence-corrected chi connectivity index (χ0v) is 10.8. The Hall–Kier alpha value is -2.10. The van der Waals surface area contributed by atoms with Crippen LogP contribution in [0, 0.1) is 5.92 Å². The minimum atomic E-state index is -0.257. The van der Waals surface area contributed by atoms with Crippen molar-refractivity contribution >= 4 is 17.9 Å². The highest BCUT2D eigenvalue weighted by Gasteiger charge is 2.24. The lowest BCUT2D eigenvalue weighted by Gasteiger charge is -2.29. The van der Waals surface area contributed by atoms with E-state index in [4.69, 9.17) is 5.73 Å². The van der Waals surface area contributed by atoms with Gasteiger partial charge in [0.25, 0.3) is 0 Å². The lowest BCUT2D eigenvalue weighted by atomic mass is 9.96. The highest BCUT2D eigenvalue weighted by atomic mass is 16.2. The molecule has 2 rings (SSSR count). The fourth-order valence-electron chi connectivity index (χ4n) is 2.22. The van der Waals surface area contributed by atoms with Crippen molar-refractivity contribution in [3.8, 4) is 0 Å². The minimum absolute atomic E-state index is 0.00762. The number of primary amides is 1. The monoisotopic (exact) mass is 258 g/mol. The van der Waals surface area contributed by atoms with Gasteiger partial charge in [-0.2, -0.15) is 0 Å². The molecule has 1 aromatic carbocycles. The van der Waals surface area contributed by atoms with E-state index < -0.39 is 0 Å². The predicted octanol–water partition coefficient (Wildman–Crippen LogP) is 1.42. The lowest BCUT2D eigenvalue weighted by molar-refractivity contribution is -0.130. The molecule has 0 aromatic heterocycles. The van der Waals surface area contributed by atoms with Gasteiger partial charge in [-0.1, -0.05) is 30.3 Å². The molecular formula is C15H18N2O2. The third-order valence-electron chi connectivity index (χ3n) is 3.43. The zero-order chi connectivity index (χ0) is 13.7. The van der Waals surface area contributed by atoms with E-state index in [0.717, 1.165) is 5.56 Å². The Bertz CT molecular complexity index is 474. The van der Waals surface area contributed by atoms with Gasteiger partial charge >= 0.3 is 0 Å². The van der Waals surface area contributed by atoms with E-state index in [9.17, 15) is 9.59 Å². The number of hydrogen-bond donors (Lipinski definition) is 1. The van der Waals surface area contributed by atoms with Crippen LogP contribution in [-0.4, -0.2) is 29.8 Å². The standard InChI is InChI=1S/C15H18N2O2/c16-15(19)13-8-10-17(11-9-13)14(18)7-6-12-4-2-1-3-5-12/h1-7,13H,8-11H2,(H2,16,19)/b7-6+. The predicted molar refractivity (Wildman–Crippen MR) is 74.0 cm³/mol. The maximum absolute atomic E-state index is 12.0. The van der Waals surface area contributed by atoms with Gasteiger partial charge in [-0.15, -0.1) is 0 Å². The van der Waals surface area contributed by atoms with Crippen LogP contribution in [0.4, 0.5) is 0 Å². The summed E-state index contributed by atoms with van der Waals surface area (Å²) in [6.45, 7) is 1.21. The van der Waals surface area contributed by atoms with Crippen molar-refractivity contribution in [2.24, 2.45) is 11.7 Å². The second kappa shape index (κ2) is 6.18. The first-order valence-electron chi connectivity index (χ1n) is 6.48. The fourth-order valence-corrected chi connectivity index (χ4v) is 2.22. The average Bonchev–Trinajstić information content (AvgIpc) is 2.46. The van der Waals surface area contributed by atoms with E-state index in [-0.39, 0.29) is 17.7 Å². The molecule has 1 aromatic rings. The number of nitrogens with zero attached hydrogens (tertiary/aromatic N) is 1. The van der Waals surface area contributed by atoms with Gasteiger partial charge in [0.1, 0.15) is 0 Å². The molecule has 4 heteroatoms. The Morgan fingerprint density at radius 3 is 2.37 bits per heavy atom. The molecule has 1 aliphatic heterocycles. The van der Waals surface area contributed by atoms with Gasteiger partial charge in [-0.05, 0) is 24.5 Å². The van der Waals surface area contributed by atoms with Crippen LogP contribution < -0.4 is 5.73 Å². The van der Waals surface area contributed by atoms with Crippen molar-refractivity contribution in [1.29, 1.82) is 0 Å². The third kappa shape index (κ3) is 3.68. The van der Waals surface area contributed by atoms with E-state index in [0.29, 0.717) is 25.9 Å². The Morgan fingerprint density at radius 2 is 1.79 bits per heavy atom. The smallest absolute Gasteiger partial charge is 0.246 e. The summed E-state index contributed by atoms with van der Waals surface area (Å²) in [6.07, 6.45) is 4.73. The van der Waals surface area contributed by atoms with Gasteiger partial charge in [0.15, 0.2) is 0 Å². The number of rotatable bonds is 3. The number of nitrogens with two attached hydrogens (primary N) is 1. The molecule has 2 amide bonds. The van der Waals surface area contributed by atoms with E-state index in [1.54, 1.807) is 11.0 Å². The van der Waals surface area contributed by atoms with Gasteiger partial charge in [0, 0.05) is 25.1 Å². The van der Waals surface area contributed by atoms with Crippen LogP contribution in [0.15, 0.2) is 36.4 Å². The average molecular weight is 258 g/mol. The summed E-state index contributed by atoms with van der Waals surface area (Å²) in [6, 6.07) is 9.70. The highest BCUT2D eigenvalue weighted by Crippen LogP contribution is 2.17. The Morgan fingerprint density at radius 1 is 1.16 bits per heavy atom. The van der Waals surface area contributed by atoms with Gasteiger partial charge in [-0.3, -0.25) is 9.59 Å². The third-order valence-corrected chi connectivity index (χ3v) is 3.43. The molecule has 0 bridgehead atoms. The van der Waals surface area contributed by atoms with E-state index in [1.807, 2.05) is 36.4 Å². The highest BCUT2D eigenvalue weighted by molar-refractivity contribution is 5.92. The number of hydrogen-bond acceptors (Lipinski definition) is 2. The summed E-state index contributed by atoms with van der Waals surface area (Å²) in [7, 11) is 0. The number of amides is 2. The molecule has 1 heterocycles. The van der Waals surface area contributed by atoms with Crippen LogP contribution in [0.1, 0.15) is 18.4 Å². The van der Waals surface area contributed by atoms with Gasteiger partial charge < -0.3 is 10.6 Å². The van der Waals surface area contributed by atoms with Crippen LogP contribution in [-0.2, 0) is 9.59 Å². The van der Waals surface area contributed by atoms with Crippen LogP contribution >= 0.6 is 0 Å². The largest absolute Gasteiger partial charge is 0.369 e. The molecule has 0 spiro atoms. The summed E-state index contributed by atoms with van der Waals surface area (Å²) in [4.78, 5) is 24.8. The van der Waals surface area contributed by atoms with E-state index >= 15 is 0 Å². The van der Waals surface area contributed by atoms with Crippen molar-refractivity contribution in [3.63, 3.8) is 0 Å². The molecular weight excluding hydrogens is 240 g/mol. The summed E-state index contributed by atoms with van der Waals surface area (Å²) < 4.78 is 0. The number of benzene rings is 1. The number of likely N-dealkylation sites (tertiary alicyclic amines) is 1. The first kappa shape index (κ1) is 13.3. The molecule has 1 saturated heterocycles. The van der Waals surface area contributed by atoms with Gasteiger partial charge in [-0.25, -0.2) is 0 Å². The number of piperidine rings is 1. The maximum atomic E-state index is 12.0. The molecule has 19 heavy (non-hydrogen) atoms. The van der Waals surface area contributed by atoms with E-state index in [1.165, 1.54) is 0 Å². The van der Waals surface area contributed by atoms with E-state index in [2.05, 4.69) is 0 Å². The zero-order valence-electron chi connectivity index (χ0n) is 10.8. The van der Waals surface area contributed by atoms with Gasteiger partial charge in [0.05, 0.1) is 0 Å². The molecule has 0 aliphatic carbocycles. The molecule has 0 saturated carbocycles. The molecule has 0 radical (unpaired) electrons. The minimum Gasteiger partial charge on any atom is -0.369 e. The van der Waals surface area contributed by atoms with Gasteiger partial charge in [0.2, 0.25) is 11.8 Å². The summed E-state index contributed by atoms with van der Waals surface area (Å²) in [5, 5.41) is 0. The Labute approximate surface area is 112 Å².